The number of rotatable bonds is 6. The van der Waals surface area contributed by atoms with E-state index in [2.05, 4.69) is 20.2 Å². The molecule has 138 valence electrons. The third-order valence-electron chi connectivity index (χ3n) is 4.62. The predicted molar refractivity (Wildman–Crippen MR) is 106 cm³/mol. The van der Waals surface area contributed by atoms with Gasteiger partial charge in [-0.2, -0.15) is 0 Å². The van der Waals surface area contributed by atoms with Crippen molar-refractivity contribution in [2.75, 3.05) is 29.6 Å². The van der Waals surface area contributed by atoms with E-state index in [4.69, 9.17) is 0 Å². The summed E-state index contributed by atoms with van der Waals surface area (Å²) in [6, 6.07) is 7.89. The van der Waals surface area contributed by atoms with Gasteiger partial charge in [0, 0.05) is 30.8 Å². The fourth-order valence-electron chi connectivity index (χ4n) is 3.24. The minimum Gasteiger partial charge on any atom is -0.370 e. The van der Waals surface area contributed by atoms with Gasteiger partial charge in [-0.25, -0.2) is 4.98 Å². The summed E-state index contributed by atoms with van der Waals surface area (Å²) in [5.41, 5.74) is 3.00. The highest BCUT2D eigenvalue weighted by Gasteiger charge is 2.17. The minimum absolute atomic E-state index is 0.0932. The second-order valence-corrected chi connectivity index (χ2v) is 7.19. The maximum Gasteiger partial charge on any atom is 0.254 e. The van der Waals surface area contributed by atoms with Crippen LogP contribution in [0.5, 0.6) is 0 Å². The van der Waals surface area contributed by atoms with Gasteiger partial charge < -0.3 is 15.2 Å². The Morgan fingerprint density at radius 3 is 2.73 bits per heavy atom. The van der Waals surface area contributed by atoms with Gasteiger partial charge in [-0.15, -0.1) is 0 Å². The maximum atomic E-state index is 12.4. The van der Waals surface area contributed by atoms with Gasteiger partial charge in [0.05, 0.1) is 11.4 Å². The lowest BCUT2D eigenvalue weighted by molar-refractivity contribution is -0.116. The quantitative estimate of drug-likeness (QED) is 0.602. The third-order valence-corrected chi connectivity index (χ3v) is 5.20. The van der Waals surface area contributed by atoms with Crippen LogP contribution < -0.4 is 15.8 Å². The largest absolute Gasteiger partial charge is 0.370 e. The van der Waals surface area contributed by atoms with Crippen molar-refractivity contribution in [1.82, 2.24) is 9.97 Å². The summed E-state index contributed by atoms with van der Waals surface area (Å²) in [7, 11) is 0. The monoisotopic (exact) mass is 372 g/mol. The molecule has 0 spiro atoms. The van der Waals surface area contributed by atoms with Crippen molar-refractivity contribution in [2.24, 2.45) is 0 Å². The molecule has 7 heteroatoms. The van der Waals surface area contributed by atoms with E-state index < -0.39 is 0 Å². The molecule has 0 bridgehead atoms. The number of nitrogens with zero attached hydrogens (tertiary/aromatic N) is 2. The lowest BCUT2D eigenvalue weighted by Crippen LogP contribution is -2.22. The SMILES string of the molecule is CSc1nc(C)c(CCC(=O)Nc2ccccc2N2CCCC2)c(=O)[nH]1. The lowest BCUT2D eigenvalue weighted by Gasteiger charge is -2.21. The summed E-state index contributed by atoms with van der Waals surface area (Å²) in [6.45, 7) is 3.86. The molecule has 6 nitrogen and oxygen atoms in total. The van der Waals surface area contributed by atoms with Gasteiger partial charge in [-0.3, -0.25) is 9.59 Å². The smallest absolute Gasteiger partial charge is 0.254 e. The summed E-state index contributed by atoms with van der Waals surface area (Å²) >= 11 is 1.40. The van der Waals surface area contributed by atoms with Gasteiger partial charge in [-0.1, -0.05) is 23.9 Å². The van der Waals surface area contributed by atoms with E-state index in [1.54, 1.807) is 0 Å². The summed E-state index contributed by atoms with van der Waals surface area (Å²) in [5.74, 6) is -0.0932. The first kappa shape index (κ1) is 18.5. The van der Waals surface area contributed by atoms with Crippen molar-refractivity contribution < 1.29 is 4.79 Å². The van der Waals surface area contributed by atoms with Crippen LogP contribution in [-0.4, -0.2) is 35.2 Å². The summed E-state index contributed by atoms with van der Waals surface area (Å²) < 4.78 is 0. The molecule has 2 aromatic rings. The average Bonchev–Trinajstić information content (AvgIpc) is 3.15. The van der Waals surface area contributed by atoms with E-state index in [1.165, 1.54) is 24.6 Å². The van der Waals surface area contributed by atoms with Crippen LogP contribution in [0.3, 0.4) is 0 Å². The van der Waals surface area contributed by atoms with E-state index in [0.717, 1.165) is 24.5 Å². The maximum absolute atomic E-state index is 12.4. The van der Waals surface area contributed by atoms with Crippen LogP contribution in [0, 0.1) is 6.92 Å². The standard InChI is InChI=1S/C19H24N4O2S/c1-13-14(18(25)22-19(20-13)26-2)9-10-17(24)21-15-7-3-4-8-16(15)23-11-5-6-12-23/h3-4,7-8H,5-6,9-12H2,1-2H3,(H,21,24)(H,20,22,25). The lowest BCUT2D eigenvalue weighted by atomic mass is 10.1. The molecule has 2 N–H and O–H groups in total. The molecular weight excluding hydrogens is 348 g/mol. The van der Waals surface area contributed by atoms with Crippen LogP contribution >= 0.6 is 11.8 Å². The Kier molecular flexibility index (Phi) is 5.98. The number of aryl methyl sites for hydroxylation is 1. The van der Waals surface area contributed by atoms with Crippen molar-refractivity contribution in [3.8, 4) is 0 Å². The second kappa shape index (κ2) is 8.40. The summed E-state index contributed by atoms with van der Waals surface area (Å²) in [5, 5.41) is 3.60. The normalized spacial score (nSPS) is 13.8. The zero-order chi connectivity index (χ0) is 18.5. The number of aromatic amines is 1. The molecule has 0 aliphatic carbocycles. The molecule has 26 heavy (non-hydrogen) atoms. The Balaban J connectivity index is 1.66. The molecule has 0 radical (unpaired) electrons. The zero-order valence-corrected chi connectivity index (χ0v) is 16.0. The average molecular weight is 372 g/mol. The highest BCUT2D eigenvalue weighted by Crippen LogP contribution is 2.28. The fourth-order valence-corrected chi connectivity index (χ4v) is 3.66. The number of aromatic nitrogens is 2. The van der Waals surface area contributed by atoms with Crippen LogP contribution in [0.1, 0.15) is 30.5 Å². The minimum atomic E-state index is -0.160. The summed E-state index contributed by atoms with van der Waals surface area (Å²) in [4.78, 5) is 34.0. The molecule has 2 heterocycles. The van der Waals surface area contributed by atoms with Crippen LogP contribution in [-0.2, 0) is 11.2 Å². The van der Waals surface area contributed by atoms with Gasteiger partial charge in [0.15, 0.2) is 5.16 Å². The molecule has 1 saturated heterocycles. The Bertz CT molecular complexity index is 844. The molecule has 1 aliphatic rings. The van der Waals surface area contributed by atoms with Crippen LogP contribution in [0.2, 0.25) is 0 Å². The number of hydrogen-bond acceptors (Lipinski definition) is 5. The van der Waals surface area contributed by atoms with Crippen LogP contribution in [0.25, 0.3) is 0 Å². The number of benzene rings is 1. The molecule has 1 aliphatic heterocycles. The van der Waals surface area contributed by atoms with E-state index >= 15 is 0 Å². The molecule has 0 atom stereocenters. The molecule has 3 rings (SSSR count). The Hall–Kier alpha value is -2.28. The molecule has 1 fully saturated rings. The van der Waals surface area contributed by atoms with E-state index in [1.807, 2.05) is 37.4 Å². The number of H-pyrrole nitrogens is 1. The highest BCUT2D eigenvalue weighted by atomic mass is 32.2. The summed E-state index contributed by atoms with van der Waals surface area (Å²) in [6.07, 6.45) is 4.86. The van der Waals surface area contributed by atoms with Gasteiger partial charge in [0.25, 0.3) is 5.56 Å². The van der Waals surface area contributed by atoms with Crippen molar-refractivity contribution in [3.05, 3.63) is 45.9 Å². The molecule has 1 aromatic carbocycles. The number of carbonyl (C=O) groups is 1. The Labute approximate surface area is 157 Å². The highest BCUT2D eigenvalue weighted by molar-refractivity contribution is 7.98. The Morgan fingerprint density at radius 2 is 2.04 bits per heavy atom. The number of carbonyl (C=O) groups excluding carboxylic acids is 1. The number of anilines is 2. The number of hydrogen-bond donors (Lipinski definition) is 2. The van der Waals surface area contributed by atoms with Crippen molar-refractivity contribution in [1.29, 1.82) is 0 Å². The number of nitrogens with one attached hydrogen (secondary N) is 2. The van der Waals surface area contributed by atoms with E-state index in [0.29, 0.717) is 22.8 Å². The van der Waals surface area contributed by atoms with Gasteiger partial charge >= 0.3 is 0 Å². The predicted octanol–water partition coefficient (Wildman–Crippen LogP) is 2.97. The van der Waals surface area contributed by atoms with Gasteiger partial charge in [0.2, 0.25) is 5.91 Å². The molecule has 1 aromatic heterocycles. The first-order valence-electron chi connectivity index (χ1n) is 8.86. The topological polar surface area (TPSA) is 78.1 Å². The fraction of sp³-hybridized carbons (Fsp3) is 0.421. The van der Waals surface area contributed by atoms with E-state index in [-0.39, 0.29) is 17.9 Å². The molecular formula is C19H24N4O2S. The van der Waals surface area contributed by atoms with Crippen LogP contribution in [0.4, 0.5) is 11.4 Å². The Morgan fingerprint density at radius 1 is 1.31 bits per heavy atom. The van der Waals surface area contributed by atoms with Gasteiger partial charge in [-0.05, 0) is 44.6 Å². The zero-order valence-electron chi connectivity index (χ0n) is 15.2. The molecule has 1 amide bonds. The third kappa shape index (κ3) is 4.27. The van der Waals surface area contributed by atoms with Crippen molar-refractivity contribution in [3.63, 3.8) is 0 Å². The molecule has 0 saturated carbocycles. The van der Waals surface area contributed by atoms with E-state index in [9.17, 15) is 9.59 Å². The van der Waals surface area contributed by atoms with Crippen LogP contribution in [0.15, 0.2) is 34.2 Å². The number of para-hydroxylation sites is 2. The second-order valence-electron chi connectivity index (χ2n) is 6.40. The first-order valence-corrected chi connectivity index (χ1v) is 10.1. The van der Waals surface area contributed by atoms with Crippen molar-refractivity contribution >= 4 is 29.0 Å². The first-order chi connectivity index (χ1) is 12.6. The number of thioether (sulfide) groups is 1. The van der Waals surface area contributed by atoms with Crippen molar-refractivity contribution in [2.45, 2.75) is 37.8 Å². The number of amides is 1. The van der Waals surface area contributed by atoms with Gasteiger partial charge in [0.1, 0.15) is 0 Å². The molecule has 0 unspecified atom stereocenters.